The van der Waals surface area contributed by atoms with Crippen LogP contribution < -0.4 is 14.8 Å². The molecule has 0 fully saturated rings. The zero-order valence-corrected chi connectivity index (χ0v) is 12.7. The zero-order valence-electron chi connectivity index (χ0n) is 12.7. The number of aromatic nitrogens is 1. The van der Waals surface area contributed by atoms with Gasteiger partial charge in [0.15, 0.2) is 0 Å². The molecule has 1 aromatic carbocycles. The van der Waals surface area contributed by atoms with Crippen LogP contribution in [0.15, 0.2) is 30.5 Å². The summed E-state index contributed by atoms with van der Waals surface area (Å²) in [6.07, 6.45) is 1.53. The molecule has 2 rings (SSSR count). The molecule has 0 saturated heterocycles. The van der Waals surface area contributed by atoms with Crippen LogP contribution in [0.5, 0.6) is 11.5 Å². The highest BCUT2D eigenvalue weighted by Gasteiger charge is 2.13. The molecule has 0 aliphatic carbocycles. The Balaban J connectivity index is 2.56. The summed E-state index contributed by atoms with van der Waals surface area (Å²) in [4.78, 5) is 15.3. The molecule has 6 heteroatoms. The van der Waals surface area contributed by atoms with Gasteiger partial charge in [0.1, 0.15) is 17.3 Å². The van der Waals surface area contributed by atoms with E-state index >= 15 is 0 Å². The van der Waals surface area contributed by atoms with Gasteiger partial charge in [-0.1, -0.05) is 0 Å². The molecule has 0 bridgehead atoms. The molecule has 22 heavy (non-hydrogen) atoms. The highest BCUT2D eigenvalue weighted by atomic mass is 16.5. The molecule has 0 radical (unpaired) electrons. The summed E-state index contributed by atoms with van der Waals surface area (Å²) < 4.78 is 10.6. The summed E-state index contributed by atoms with van der Waals surface area (Å²) in [5.41, 5.74) is 2.15. The van der Waals surface area contributed by atoms with Gasteiger partial charge in [0.2, 0.25) is 5.91 Å². The number of amides is 1. The fourth-order valence-electron chi connectivity index (χ4n) is 2.13. The van der Waals surface area contributed by atoms with Crippen molar-refractivity contribution in [3.05, 3.63) is 36.0 Å². The van der Waals surface area contributed by atoms with Crippen molar-refractivity contribution < 1.29 is 19.4 Å². The molecule has 0 spiro atoms. The number of rotatable bonds is 5. The van der Waals surface area contributed by atoms with E-state index in [1.54, 1.807) is 32.4 Å². The van der Waals surface area contributed by atoms with Gasteiger partial charge in [-0.2, -0.15) is 0 Å². The van der Waals surface area contributed by atoms with Gasteiger partial charge in [-0.15, -0.1) is 0 Å². The summed E-state index contributed by atoms with van der Waals surface area (Å²) in [6, 6.07) is 7.10. The minimum atomic E-state index is -0.211. The van der Waals surface area contributed by atoms with Crippen LogP contribution in [0, 0.1) is 0 Å². The summed E-state index contributed by atoms with van der Waals surface area (Å²) >= 11 is 0. The lowest BCUT2D eigenvalue weighted by Crippen LogP contribution is -2.08. The SMILES string of the molecule is COc1ccc(-c2cc(NC(C)=O)ncc2CO)c(OC)c1. The van der Waals surface area contributed by atoms with Gasteiger partial charge in [0.25, 0.3) is 0 Å². The molecule has 1 aromatic heterocycles. The molecule has 116 valence electrons. The average Bonchev–Trinajstić information content (AvgIpc) is 2.53. The largest absolute Gasteiger partial charge is 0.497 e. The predicted octanol–water partition coefficient (Wildman–Crippen LogP) is 2.22. The number of nitrogens with one attached hydrogen (secondary N) is 1. The lowest BCUT2D eigenvalue weighted by atomic mass is 10.0. The quantitative estimate of drug-likeness (QED) is 0.885. The molecule has 0 unspecified atom stereocenters. The van der Waals surface area contributed by atoms with E-state index in [4.69, 9.17) is 9.47 Å². The Morgan fingerprint density at radius 2 is 2.00 bits per heavy atom. The molecular weight excluding hydrogens is 284 g/mol. The van der Waals surface area contributed by atoms with Crippen molar-refractivity contribution in [2.45, 2.75) is 13.5 Å². The lowest BCUT2D eigenvalue weighted by Gasteiger charge is -2.14. The Bertz CT molecular complexity index is 686. The Kier molecular flexibility index (Phi) is 4.95. The number of aliphatic hydroxyl groups is 1. The van der Waals surface area contributed by atoms with Crippen LogP contribution in [0.4, 0.5) is 5.82 Å². The number of carbonyl (C=O) groups is 1. The minimum Gasteiger partial charge on any atom is -0.497 e. The molecule has 6 nitrogen and oxygen atoms in total. The zero-order chi connectivity index (χ0) is 16.1. The van der Waals surface area contributed by atoms with Gasteiger partial charge in [-0.05, 0) is 23.8 Å². The third-order valence-electron chi connectivity index (χ3n) is 3.16. The van der Waals surface area contributed by atoms with Crippen molar-refractivity contribution in [2.75, 3.05) is 19.5 Å². The maximum absolute atomic E-state index is 11.2. The van der Waals surface area contributed by atoms with Crippen LogP contribution in [0.2, 0.25) is 0 Å². The Labute approximate surface area is 128 Å². The van der Waals surface area contributed by atoms with E-state index in [-0.39, 0.29) is 12.5 Å². The van der Waals surface area contributed by atoms with Gasteiger partial charge >= 0.3 is 0 Å². The van der Waals surface area contributed by atoms with E-state index in [0.29, 0.717) is 22.9 Å². The first kappa shape index (κ1) is 15.8. The van der Waals surface area contributed by atoms with Gasteiger partial charge in [-0.25, -0.2) is 4.98 Å². The van der Waals surface area contributed by atoms with Crippen molar-refractivity contribution in [1.29, 1.82) is 0 Å². The van der Waals surface area contributed by atoms with Crippen molar-refractivity contribution in [2.24, 2.45) is 0 Å². The number of anilines is 1. The number of hydrogen-bond acceptors (Lipinski definition) is 5. The van der Waals surface area contributed by atoms with Crippen molar-refractivity contribution in [3.8, 4) is 22.6 Å². The number of benzene rings is 1. The van der Waals surface area contributed by atoms with Crippen molar-refractivity contribution >= 4 is 11.7 Å². The molecule has 1 heterocycles. The second-order valence-corrected chi connectivity index (χ2v) is 4.63. The average molecular weight is 302 g/mol. The third kappa shape index (κ3) is 3.35. The second kappa shape index (κ2) is 6.91. The van der Waals surface area contributed by atoms with Gasteiger partial charge < -0.3 is 19.9 Å². The van der Waals surface area contributed by atoms with E-state index in [0.717, 1.165) is 11.1 Å². The van der Waals surface area contributed by atoms with E-state index in [2.05, 4.69) is 10.3 Å². The minimum absolute atomic E-state index is 0.169. The first-order valence-corrected chi connectivity index (χ1v) is 6.68. The number of ether oxygens (including phenoxy) is 2. The first-order chi connectivity index (χ1) is 10.6. The maximum Gasteiger partial charge on any atom is 0.222 e. The fraction of sp³-hybridized carbons (Fsp3) is 0.250. The lowest BCUT2D eigenvalue weighted by molar-refractivity contribution is -0.114. The van der Waals surface area contributed by atoms with Crippen LogP contribution in [0.1, 0.15) is 12.5 Å². The molecule has 2 N–H and O–H groups in total. The molecule has 0 saturated carbocycles. The smallest absolute Gasteiger partial charge is 0.222 e. The monoisotopic (exact) mass is 302 g/mol. The normalized spacial score (nSPS) is 10.2. The van der Waals surface area contributed by atoms with Crippen molar-refractivity contribution in [1.82, 2.24) is 4.98 Å². The Morgan fingerprint density at radius 3 is 2.59 bits per heavy atom. The standard InChI is InChI=1S/C16H18N2O4/c1-10(20)18-16-7-14(11(9-19)8-17-16)13-5-4-12(21-2)6-15(13)22-3/h4-8,19H,9H2,1-3H3,(H,17,18,20). The van der Waals surface area contributed by atoms with Gasteiger partial charge in [0.05, 0.1) is 20.8 Å². The number of nitrogens with zero attached hydrogens (tertiary/aromatic N) is 1. The predicted molar refractivity (Wildman–Crippen MR) is 83.0 cm³/mol. The van der Waals surface area contributed by atoms with Crippen LogP contribution in [-0.4, -0.2) is 30.2 Å². The van der Waals surface area contributed by atoms with Crippen molar-refractivity contribution in [3.63, 3.8) is 0 Å². The first-order valence-electron chi connectivity index (χ1n) is 6.68. The Hall–Kier alpha value is -2.60. The topological polar surface area (TPSA) is 80.7 Å². The van der Waals surface area contributed by atoms with Crippen LogP contribution in [-0.2, 0) is 11.4 Å². The maximum atomic E-state index is 11.2. The molecular formula is C16H18N2O4. The van der Waals surface area contributed by atoms with E-state index in [1.165, 1.54) is 13.1 Å². The number of pyridine rings is 1. The number of aliphatic hydroxyl groups excluding tert-OH is 1. The number of hydrogen-bond donors (Lipinski definition) is 2. The molecule has 0 aliphatic rings. The molecule has 1 amide bonds. The summed E-state index contributed by atoms with van der Waals surface area (Å²) in [5, 5.41) is 12.2. The Morgan fingerprint density at radius 1 is 1.23 bits per heavy atom. The summed E-state index contributed by atoms with van der Waals surface area (Å²) in [6.45, 7) is 1.24. The molecule has 0 aliphatic heterocycles. The molecule has 0 atom stereocenters. The molecule has 2 aromatic rings. The second-order valence-electron chi connectivity index (χ2n) is 4.63. The summed E-state index contributed by atoms with van der Waals surface area (Å²) in [7, 11) is 3.14. The number of methoxy groups -OCH3 is 2. The number of carbonyl (C=O) groups excluding carboxylic acids is 1. The van der Waals surface area contributed by atoms with Gasteiger partial charge in [0, 0.05) is 30.3 Å². The van der Waals surface area contributed by atoms with Crippen LogP contribution in [0.25, 0.3) is 11.1 Å². The van der Waals surface area contributed by atoms with Gasteiger partial charge in [-0.3, -0.25) is 4.79 Å². The fourth-order valence-corrected chi connectivity index (χ4v) is 2.13. The van der Waals surface area contributed by atoms with Crippen LogP contribution in [0.3, 0.4) is 0 Å². The highest BCUT2D eigenvalue weighted by molar-refractivity contribution is 5.89. The highest BCUT2D eigenvalue weighted by Crippen LogP contribution is 2.36. The van der Waals surface area contributed by atoms with Crippen LogP contribution >= 0.6 is 0 Å². The third-order valence-corrected chi connectivity index (χ3v) is 3.16. The summed E-state index contributed by atoms with van der Waals surface area (Å²) in [5.74, 6) is 1.48. The van der Waals surface area contributed by atoms with E-state index in [1.807, 2.05) is 6.07 Å². The van der Waals surface area contributed by atoms with E-state index < -0.39 is 0 Å². The van der Waals surface area contributed by atoms with E-state index in [9.17, 15) is 9.90 Å².